The van der Waals surface area contributed by atoms with Crippen LogP contribution >= 0.6 is 0 Å². The minimum absolute atomic E-state index is 0.0975. The monoisotopic (exact) mass is 454 g/mol. The van der Waals surface area contributed by atoms with Gasteiger partial charge in [0.1, 0.15) is 10.6 Å². The number of carbonyl (C=O) groups is 1. The number of unbranched alkanes of at least 4 members (excludes halogenated alkanes) is 1. The molecule has 0 unspecified atom stereocenters. The van der Waals surface area contributed by atoms with Crippen LogP contribution in [0.15, 0.2) is 77.7 Å². The fraction of sp³-hybridized carbons (Fsp3) is 0.208. The molecule has 3 aromatic carbocycles. The number of hydrogen-bond acceptors (Lipinski definition) is 6. The maximum absolute atomic E-state index is 13.4. The Kier molecular flexibility index (Phi) is 7.72. The lowest BCUT2D eigenvalue weighted by molar-refractivity contribution is 0.0600. The summed E-state index contributed by atoms with van der Waals surface area (Å²) in [6.45, 7) is 2.63. The number of rotatable bonds is 10. The Labute approximate surface area is 188 Å². The lowest BCUT2D eigenvalue weighted by Crippen LogP contribution is -2.17. The van der Waals surface area contributed by atoms with E-state index < -0.39 is 16.0 Å². The molecule has 0 heterocycles. The van der Waals surface area contributed by atoms with Gasteiger partial charge < -0.3 is 14.8 Å². The summed E-state index contributed by atoms with van der Waals surface area (Å²) in [6.07, 6.45) is 1.80. The molecule has 32 heavy (non-hydrogen) atoms. The first-order chi connectivity index (χ1) is 15.4. The van der Waals surface area contributed by atoms with Gasteiger partial charge in [0.05, 0.1) is 18.4 Å². The van der Waals surface area contributed by atoms with Crippen molar-refractivity contribution in [2.75, 3.05) is 23.7 Å². The average Bonchev–Trinajstić information content (AvgIpc) is 2.80. The van der Waals surface area contributed by atoms with Crippen molar-refractivity contribution in [1.82, 2.24) is 0 Å². The third-order valence-corrected chi connectivity index (χ3v) is 5.99. The Bertz CT molecular complexity index is 1150. The van der Waals surface area contributed by atoms with E-state index in [2.05, 4.69) is 10.0 Å². The molecule has 7 nitrogen and oxygen atoms in total. The molecule has 0 amide bonds. The van der Waals surface area contributed by atoms with Crippen LogP contribution in [0.25, 0.3) is 0 Å². The molecule has 0 saturated carbocycles. The first kappa shape index (κ1) is 23.1. The molecule has 0 fully saturated rings. The van der Waals surface area contributed by atoms with E-state index in [0.29, 0.717) is 23.7 Å². The van der Waals surface area contributed by atoms with Crippen LogP contribution in [0.3, 0.4) is 0 Å². The fourth-order valence-electron chi connectivity index (χ4n) is 3.00. The summed E-state index contributed by atoms with van der Waals surface area (Å²) in [5.41, 5.74) is 0.876. The van der Waals surface area contributed by atoms with Gasteiger partial charge in [0.15, 0.2) is 5.75 Å². The van der Waals surface area contributed by atoms with Crippen molar-refractivity contribution in [1.29, 1.82) is 0 Å². The van der Waals surface area contributed by atoms with Crippen molar-refractivity contribution in [2.45, 2.75) is 24.7 Å². The second kappa shape index (κ2) is 10.7. The van der Waals surface area contributed by atoms with Gasteiger partial charge in [0.25, 0.3) is 10.0 Å². The van der Waals surface area contributed by atoms with E-state index in [-0.39, 0.29) is 16.2 Å². The molecule has 0 radical (unpaired) electrons. The highest BCUT2D eigenvalue weighted by Gasteiger charge is 2.26. The van der Waals surface area contributed by atoms with Gasteiger partial charge in [-0.25, -0.2) is 13.2 Å². The standard InChI is InChI=1S/C24H26N2O5S/c1-3-4-15-25-21-16-18(24(27)30-2)17-22(23(21)31-20-13-9-6-10-14-20)32(28,29)26-19-11-7-5-8-12-19/h5-14,16-17,25-26H,3-4,15H2,1-2H3. The first-order valence-electron chi connectivity index (χ1n) is 10.3. The Morgan fingerprint density at radius 3 is 2.25 bits per heavy atom. The van der Waals surface area contributed by atoms with Gasteiger partial charge in [0.2, 0.25) is 0 Å². The molecule has 0 spiro atoms. The van der Waals surface area contributed by atoms with Gasteiger partial charge in [-0.1, -0.05) is 49.7 Å². The van der Waals surface area contributed by atoms with Crippen molar-refractivity contribution in [3.05, 3.63) is 78.4 Å². The topological polar surface area (TPSA) is 93.7 Å². The zero-order valence-electron chi connectivity index (χ0n) is 18.0. The Hall–Kier alpha value is -3.52. The van der Waals surface area contributed by atoms with Crippen LogP contribution in [0.2, 0.25) is 0 Å². The summed E-state index contributed by atoms with van der Waals surface area (Å²) < 4.78 is 40.2. The number of esters is 1. The summed E-state index contributed by atoms with van der Waals surface area (Å²) in [5.74, 6) is -0.0811. The van der Waals surface area contributed by atoms with Crippen molar-refractivity contribution in [3.8, 4) is 11.5 Å². The number of hydrogen-bond donors (Lipinski definition) is 2. The van der Waals surface area contributed by atoms with E-state index in [1.807, 2.05) is 13.0 Å². The number of carbonyl (C=O) groups excluding carboxylic acids is 1. The van der Waals surface area contributed by atoms with E-state index in [9.17, 15) is 13.2 Å². The highest BCUT2D eigenvalue weighted by Crippen LogP contribution is 2.38. The number of para-hydroxylation sites is 2. The summed E-state index contributed by atoms with van der Waals surface area (Å²) >= 11 is 0. The SMILES string of the molecule is CCCCNc1cc(C(=O)OC)cc(S(=O)(=O)Nc2ccccc2)c1Oc1ccccc1. The smallest absolute Gasteiger partial charge is 0.337 e. The molecule has 3 aromatic rings. The molecular formula is C24H26N2O5S. The minimum atomic E-state index is -4.10. The fourth-order valence-corrected chi connectivity index (χ4v) is 4.23. The molecule has 8 heteroatoms. The number of sulfonamides is 1. The third kappa shape index (κ3) is 5.79. The van der Waals surface area contributed by atoms with E-state index in [4.69, 9.17) is 9.47 Å². The van der Waals surface area contributed by atoms with Crippen LogP contribution in [0.1, 0.15) is 30.1 Å². The van der Waals surface area contributed by atoms with E-state index in [1.165, 1.54) is 13.2 Å². The van der Waals surface area contributed by atoms with Crippen LogP contribution in [0.4, 0.5) is 11.4 Å². The van der Waals surface area contributed by atoms with Crippen LogP contribution in [-0.4, -0.2) is 28.0 Å². The second-order valence-electron chi connectivity index (χ2n) is 7.01. The molecule has 0 aromatic heterocycles. The van der Waals surface area contributed by atoms with Crippen molar-refractivity contribution >= 4 is 27.4 Å². The molecule has 3 rings (SSSR count). The minimum Gasteiger partial charge on any atom is -0.465 e. The molecule has 0 aliphatic heterocycles. The predicted molar refractivity (Wildman–Crippen MR) is 125 cm³/mol. The normalized spacial score (nSPS) is 10.9. The largest absolute Gasteiger partial charge is 0.465 e. The maximum Gasteiger partial charge on any atom is 0.337 e. The van der Waals surface area contributed by atoms with Crippen molar-refractivity contribution in [3.63, 3.8) is 0 Å². The number of nitrogens with one attached hydrogen (secondary N) is 2. The Morgan fingerprint density at radius 1 is 0.969 bits per heavy atom. The molecular weight excluding hydrogens is 428 g/mol. The predicted octanol–water partition coefficient (Wildman–Crippen LogP) is 5.28. The molecule has 0 saturated heterocycles. The first-order valence-corrected chi connectivity index (χ1v) is 11.7. The van der Waals surface area contributed by atoms with Gasteiger partial charge in [-0.3, -0.25) is 4.72 Å². The lowest BCUT2D eigenvalue weighted by Gasteiger charge is -2.19. The Balaban J connectivity index is 2.15. The molecule has 168 valence electrons. The quantitative estimate of drug-likeness (QED) is 0.320. The summed E-state index contributed by atoms with van der Waals surface area (Å²) in [7, 11) is -2.86. The maximum atomic E-state index is 13.4. The summed E-state index contributed by atoms with van der Waals surface area (Å²) in [5, 5.41) is 3.21. The summed E-state index contributed by atoms with van der Waals surface area (Å²) in [4.78, 5) is 12.1. The third-order valence-electron chi connectivity index (χ3n) is 4.60. The van der Waals surface area contributed by atoms with E-state index in [0.717, 1.165) is 12.8 Å². The van der Waals surface area contributed by atoms with Crippen molar-refractivity contribution < 1.29 is 22.7 Å². The number of anilines is 2. The molecule has 0 aliphatic carbocycles. The highest BCUT2D eigenvalue weighted by atomic mass is 32.2. The van der Waals surface area contributed by atoms with Gasteiger partial charge in [-0.05, 0) is 42.8 Å². The zero-order valence-corrected chi connectivity index (χ0v) is 18.8. The molecule has 0 bridgehead atoms. The van der Waals surface area contributed by atoms with Crippen molar-refractivity contribution in [2.24, 2.45) is 0 Å². The molecule has 2 N–H and O–H groups in total. The van der Waals surface area contributed by atoms with Gasteiger partial charge in [-0.15, -0.1) is 0 Å². The molecule has 0 aliphatic rings. The van der Waals surface area contributed by atoms with Crippen LogP contribution < -0.4 is 14.8 Å². The zero-order chi connectivity index (χ0) is 23.0. The number of ether oxygens (including phenoxy) is 2. The van der Waals surface area contributed by atoms with Crippen LogP contribution in [-0.2, 0) is 14.8 Å². The number of methoxy groups -OCH3 is 1. The second-order valence-corrected chi connectivity index (χ2v) is 8.66. The van der Waals surface area contributed by atoms with Gasteiger partial charge in [-0.2, -0.15) is 0 Å². The van der Waals surface area contributed by atoms with Crippen LogP contribution in [0, 0.1) is 0 Å². The van der Waals surface area contributed by atoms with E-state index in [1.54, 1.807) is 60.7 Å². The number of benzene rings is 3. The average molecular weight is 455 g/mol. The summed E-state index contributed by atoms with van der Waals surface area (Å²) in [6, 6.07) is 20.2. The highest BCUT2D eigenvalue weighted by molar-refractivity contribution is 7.92. The van der Waals surface area contributed by atoms with E-state index >= 15 is 0 Å². The molecule has 0 atom stereocenters. The van der Waals surface area contributed by atoms with Gasteiger partial charge in [0, 0.05) is 12.2 Å². The Morgan fingerprint density at radius 2 is 1.62 bits per heavy atom. The van der Waals surface area contributed by atoms with Crippen LogP contribution in [0.5, 0.6) is 11.5 Å². The van der Waals surface area contributed by atoms with Gasteiger partial charge >= 0.3 is 5.97 Å². The lowest BCUT2D eigenvalue weighted by atomic mass is 10.1.